The minimum atomic E-state index is -0.467. The Balaban J connectivity index is 1.89. The molecule has 2 aromatic rings. The maximum Gasteiger partial charge on any atom is 0.219 e. The van der Waals surface area contributed by atoms with E-state index in [2.05, 4.69) is 17.1 Å². The average Bonchev–Trinajstić information content (AvgIpc) is 2.49. The Morgan fingerprint density at radius 1 is 1.35 bits per heavy atom. The first-order valence-corrected chi connectivity index (χ1v) is 6.77. The summed E-state index contributed by atoms with van der Waals surface area (Å²) in [6.07, 6.45) is 4.05. The van der Waals surface area contributed by atoms with Crippen molar-refractivity contribution in [1.82, 2.24) is 4.98 Å². The summed E-state index contributed by atoms with van der Waals surface area (Å²) in [6.45, 7) is -0.283. The van der Waals surface area contributed by atoms with Gasteiger partial charge in [0, 0.05) is 5.56 Å². The number of hydrogen-bond acceptors (Lipinski definition) is 3. The van der Waals surface area contributed by atoms with Crippen molar-refractivity contribution in [3.63, 3.8) is 0 Å². The molecule has 104 valence electrons. The van der Waals surface area contributed by atoms with E-state index in [1.165, 1.54) is 11.6 Å². The van der Waals surface area contributed by atoms with Gasteiger partial charge in [0.2, 0.25) is 5.88 Å². The molecule has 1 aromatic heterocycles. The molecule has 3 rings (SSSR count). The molecule has 0 bridgehead atoms. The second kappa shape index (κ2) is 5.59. The van der Waals surface area contributed by atoms with E-state index in [-0.39, 0.29) is 12.7 Å². The fourth-order valence-corrected chi connectivity index (χ4v) is 2.65. The maximum atomic E-state index is 13.1. The first kappa shape index (κ1) is 13.1. The van der Waals surface area contributed by atoms with Gasteiger partial charge in [-0.3, -0.25) is 0 Å². The normalized spacial score (nSPS) is 17.6. The molecule has 0 saturated heterocycles. The van der Waals surface area contributed by atoms with Gasteiger partial charge >= 0.3 is 0 Å². The van der Waals surface area contributed by atoms with E-state index < -0.39 is 5.82 Å². The van der Waals surface area contributed by atoms with Gasteiger partial charge in [-0.2, -0.15) is 0 Å². The third-order valence-electron chi connectivity index (χ3n) is 3.63. The SMILES string of the molecule is OCc1cc(F)cnc1OC1CCCc2ccccc21. The van der Waals surface area contributed by atoms with Crippen molar-refractivity contribution >= 4 is 0 Å². The van der Waals surface area contributed by atoms with Crippen LogP contribution in [0.25, 0.3) is 0 Å². The largest absolute Gasteiger partial charge is 0.469 e. The van der Waals surface area contributed by atoms with Crippen LogP contribution in [0.2, 0.25) is 0 Å². The lowest BCUT2D eigenvalue weighted by molar-refractivity contribution is 0.167. The molecule has 0 fully saturated rings. The number of fused-ring (bicyclic) bond motifs is 1. The lowest BCUT2D eigenvalue weighted by atomic mass is 9.89. The molecule has 1 heterocycles. The first-order chi connectivity index (χ1) is 9.78. The molecule has 0 amide bonds. The topological polar surface area (TPSA) is 42.4 Å². The van der Waals surface area contributed by atoms with Gasteiger partial charge in [0.15, 0.2) is 0 Å². The smallest absolute Gasteiger partial charge is 0.219 e. The molecule has 0 saturated carbocycles. The summed E-state index contributed by atoms with van der Waals surface area (Å²) in [5.74, 6) is -0.152. The molecule has 1 aliphatic rings. The van der Waals surface area contributed by atoms with Crippen molar-refractivity contribution in [2.75, 3.05) is 0 Å². The van der Waals surface area contributed by atoms with Crippen LogP contribution in [0.4, 0.5) is 4.39 Å². The third kappa shape index (κ3) is 2.51. The monoisotopic (exact) mass is 273 g/mol. The maximum absolute atomic E-state index is 13.1. The second-order valence-corrected chi connectivity index (χ2v) is 4.97. The summed E-state index contributed by atoms with van der Waals surface area (Å²) < 4.78 is 19.0. The van der Waals surface area contributed by atoms with Gasteiger partial charge in [-0.25, -0.2) is 9.37 Å². The lowest BCUT2D eigenvalue weighted by Gasteiger charge is -2.26. The molecule has 1 N–H and O–H groups in total. The Morgan fingerprint density at radius 2 is 2.20 bits per heavy atom. The Kier molecular flexibility index (Phi) is 3.65. The molecule has 3 nitrogen and oxygen atoms in total. The quantitative estimate of drug-likeness (QED) is 0.934. The van der Waals surface area contributed by atoms with Crippen molar-refractivity contribution < 1.29 is 14.2 Å². The molecule has 0 aliphatic heterocycles. The minimum Gasteiger partial charge on any atom is -0.469 e. The average molecular weight is 273 g/mol. The van der Waals surface area contributed by atoms with Gasteiger partial charge in [0.1, 0.15) is 11.9 Å². The highest BCUT2D eigenvalue weighted by molar-refractivity contribution is 5.33. The number of aliphatic hydroxyl groups is 1. The number of rotatable bonds is 3. The van der Waals surface area contributed by atoms with Crippen molar-refractivity contribution in [2.45, 2.75) is 32.0 Å². The van der Waals surface area contributed by atoms with E-state index in [4.69, 9.17) is 4.74 Å². The summed E-state index contributed by atoms with van der Waals surface area (Å²) in [5.41, 5.74) is 2.83. The van der Waals surface area contributed by atoms with Crippen LogP contribution in [0.15, 0.2) is 36.5 Å². The number of hydrogen-bond donors (Lipinski definition) is 1. The molecular weight excluding hydrogens is 257 g/mol. The highest BCUT2D eigenvalue weighted by Gasteiger charge is 2.22. The van der Waals surface area contributed by atoms with Gasteiger partial charge in [0.25, 0.3) is 0 Å². The fourth-order valence-electron chi connectivity index (χ4n) is 2.65. The zero-order chi connectivity index (χ0) is 13.9. The summed E-state index contributed by atoms with van der Waals surface area (Å²) in [7, 11) is 0. The second-order valence-electron chi connectivity index (χ2n) is 4.97. The van der Waals surface area contributed by atoms with Crippen LogP contribution >= 0.6 is 0 Å². The number of nitrogens with zero attached hydrogens (tertiary/aromatic N) is 1. The van der Waals surface area contributed by atoms with Crippen LogP contribution in [0, 0.1) is 5.82 Å². The standard InChI is InChI=1S/C16H16FNO2/c17-13-8-12(10-19)16(18-9-13)20-15-7-3-5-11-4-1-2-6-14(11)15/h1-2,4,6,8-9,15,19H,3,5,7,10H2. The molecule has 20 heavy (non-hydrogen) atoms. The van der Waals surface area contributed by atoms with Gasteiger partial charge in [-0.1, -0.05) is 24.3 Å². The number of aliphatic hydroxyl groups excluding tert-OH is 1. The number of aromatic nitrogens is 1. The molecule has 4 heteroatoms. The molecule has 0 radical (unpaired) electrons. The van der Waals surface area contributed by atoms with Crippen LogP contribution in [-0.2, 0) is 13.0 Å². The van der Waals surface area contributed by atoms with Crippen LogP contribution in [0.3, 0.4) is 0 Å². The van der Waals surface area contributed by atoms with Crippen LogP contribution < -0.4 is 4.74 Å². The van der Waals surface area contributed by atoms with Crippen molar-refractivity contribution in [1.29, 1.82) is 0 Å². The van der Waals surface area contributed by atoms with Gasteiger partial charge < -0.3 is 9.84 Å². The van der Waals surface area contributed by atoms with E-state index in [9.17, 15) is 9.50 Å². The predicted octanol–water partition coefficient (Wildman–Crippen LogP) is 3.17. The zero-order valence-electron chi connectivity index (χ0n) is 11.1. The van der Waals surface area contributed by atoms with Crippen molar-refractivity contribution in [3.8, 4) is 5.88 Å². The van der Waals surface area contributed by atoms with Gasteiger partial charge in [-0.15, -0.1) is 0 Å². The number of pyridine rings is 1. The van der Waals surface area contributed by atoms with Crippen LogP contribution in [-0.4, -0.2) is 10.1 Å². The van der Waals surface area contributed by atoms with Gasteiger partial charge in [-0.05, 0) is 36.5 Å². The first-order valence-electron chi connectivity index (χ1n) is 6.77. The third-order valence-corrected chi connectivity index (χ3v) is 3.63. The number of aryl methyl sites for hydroxylation is 1. The van der Waals surface area contributed by atoms with E-state index >= 15 is 0 Å². The van der Waals surface area contributed by atoms with Gasteiger partial charge in [0.05, 0.1) is 12.8 Å². The Bertz CT molecular complexity index is 615. The minimum absolute atomic E-state index is 0.0804. The van der Waals surface area contributed by atoms with E-state index in [0.29, 0.717) is 11.4 Å². The van der Waals surface area contributed by atoms with Crippen LogP contribution in [0.5, 0.6) is 5.88 Å². The van der Waals surface area contributed by atoms with Crippen molar-refractivity contribution in [2.24, 2.45) is 0 Å². The van der Waals surface area contributed by atoms with E-state index in [1.54, 1.807) is 0 Å². The Labute approximate surface area is 117 Å². The molecule has 1 atom stereocenters. The molecule has 1 aromatic carbocycles. The number of ether oxygens (including phenoxy) is 1. The van der Waals surface area contributed by atoms with E-state index in [0.717, 1.165) is 31.0 Å². The number of benzene rings is 1. The summed E-state index contributed by atoms with van der Waals surface area (Å²) in [4.78, 5) is 3.96. The van der Waals surface area contributed by atoms with E-state index in [1.807, 2.05) is 12.1 Å². The molecule has 1 aliphatic carbocycles. The fraction of sp³-hybridized carbons (Fsp3) is 0.312. The highest BCUT2D eigenvalue weighted by Crippen LogP contribution is 2.33. The summed E-state index contributed by atoms with van der Waals surface area (Å²) in [5, 5.41) is 9.28. The molecule has 0 spiro atoms. The Hall–Kier alpha value is -1.94. The van der Waals surface area contributed by atoms with Crippen molar-refractivity contribution in [3.05, 3.63) is 59.0 Å². The predicted molar refractivity (Wildman–Crippen MR) is 72.9 cm³/mol. The lowest BCUT2D eigenvalue weighted by Crippen LogP contribution is -2.16. The number of halogens is 1. The highest BCUT2D eigenvalue weighted by atomic mass is 19.1. The van der Waals surface area contributed by atoms with Crippen LogP contribution in [0.1, 0.15) is 35.6 Å². The zero-order valence-corrected chi connectivity index (χ0v) is 11.1. The summed E-state index contributed by atoms with van der Waals surface area (Å²) in [6, 6.07) is 9.44. The molecular formula is C16H16FNO2. The Morgan fingerprint density at radius 3 is 3.05 bits per heavy atom. The molecule has 1 unspecified atom stereocenters. The summed E-state index contributed by atoms with van der Waals surface area (Å²) >= 11 is 0.